The van der Waals surface area contributed by atoms with Crippen molar-refractivity contribution in [2.45, 2.75) is 31.9 Å². The number of hydrogen-bond donors (Lipinski definition) is 3. The predicted molar refractivity (Wildman–Crippen MR) is 70.3 cm³/mol. The number of benzene rings is 1. The lowest BCUT2D eigenvalue weighted by molar-refractivity contribution is -0.122. The van der Waals surface area contributed by atoms with Crippen LogP contribution in [0.4, 0.5) is 0 Å². The molecule has 0 saturated carbocycles. The van der Waals surface area contributed by atoms with Crippen molar-refractivity contribution in [3.63, 3.8) is 0 Å². The third-order valence-electron chi connectivity index (χ3n) is 3.26. The number of amides is 1. The summed E-state index contributed by atoms with van der Waals surface area (Å²) in [5, 5.41) is 15.2. The predicted octanol–water partition coefficient (Wildman–Crippen LogP) is 0.377. The summed E-state index contributed by atoms with van der Waals surface area (Å²) < 4.78 is 0. The maximum atomic E-state index is 11.8. The largest absolute Gasteiger partial charge is 0.392 e. The minimum atomic E-state index is -0.391. The molecule has 98 valence electrons. The van der Waals surface area contributed by atoms with Gasteiger partial charge in [0.2, 0.25) is 5.91 Å². The van der Waals surface area contributed by atoms with Crippen molar-refractivity contribution >= 4 is 5.91 Å². The molecule has 0 spiro atoms. The average molecular weight is 248 g/mol. The van der Waals surface area contributed by atoms with E-state index in [2.05, 4.69) is 41.8 Å². The quantitative estimate of drug-likeness (QED) is 0.722. The molecule has 1 aliphatic rings. The summed E-state index contributed by atoms with van der Waals surface area (Å²) in [6.45, 7) is 3.20. The summed E-state index contributed by atoms with van der Waals surface area (Å²) in [6, 6.07) is 8.08. The highest BCUT2D eigenvalue weighted by molar-refractivity contribution is 5.82. The first-order valence-corrected chi connectivity index (χ1v) is 6.40. The molecule has 18 heavy (non-hydrogen) atoms. The number of aliphatic hydroxyl groups is 1. The molecule has 1 aromatic carbocycles. The van der Waals surface area contributed by atoms with E-state index in [1.54, 1.807) is 0 Å². The van der Waals surface area contributed by atoms with Crippen LogP contribution in [-0.2, 0) is 11.2 Å². The molecule has 1 heterocycles. The van der Waals surface area contributed by atoms with Crippen LogP contribution < -0.4 is 10.6 Å². The van der Waals surface area contributed by atoms with Crippen LogP contribution in [0.2, 0.25) is 0 Å². The van der Waals surface area contributed by atoms with Gasteiger partial charge in [0, 0.05) is 13.1 Å². The Hall–Kier alpha value is -1.39. The zero-order valence-electron chi connectivity index (χ0n) is 10.6. The minimum Gasteiger partial charge on any atom is -0.392 e. The van der Waals surface area contributed by atoms with Crippen molar-refractivity contribution in [3.05, 3.63) is 35.4 Å². The maximum absolute atomic E-state index is 11.8. The van der Waals surface area contributed by atoms with Gasteiger partial charge in [-0.15, -0.1) is 0 Å². The second-order valence-electron chi connectivity index (χ2n) is 4.88. The molecular formula is C14H20N2O2. The molecule has 2 atom stereocenters. The molecule has 0 aromatic heterocycles. The minimum absolute atomic E-state index is 0.0151. The SMILES string of the molecule is Cc1ccc(CCNC(=O)C2CC(O)CN2)cc1. The number of aliphatic hydroxyl groups excluding tert-OH is 1. The monoisotopic (exact) mass is 248 g/mol. The Morgan fingerprint density at radius 3 is 2.78 bits per heavy atom. The topological polar surface area (TPSA) is 61.4 Å². The smallest absolute Gasteiger partial charge is 0.237 e. The van der Waals surface area contributed by atoms with E-state index in [0.29, 0.717) is 19.5 Å². The Bertz CT molecular complexity index is 403. The first-order chi connectivity index (χ1) is 8.65. The van der Waals surface area contributed by atoms with Gasteiger partial charge >= 0.3 is 0 Å². The molecule has 0 bridgehead atoms. The van der Waals surface area contributed by atoms with E-state index < -0.39 is 6.10 Å². The van der Waals surface area contributed by atoms with Gasteiger partial charge in [-0.25, -0.2) is 0 Å². The molecule has 1 saturated heterocycles. The van der Waals surface area contributed by atoms with E-state index in [-0.39, 0.29) is 11.9 Å². The van der Waals surface area contributed by atoms with Gasteiger partial charge in [0.25, 0.3) is 0 Å². The fourth-order valence-corrected chi connectivity index (χ4v) is 2.12. The van der Waals surface area contributed by atoms with Crippen LogP contribution in [0.15, 0.2) is 24.3 Å². The van der Waals surface area contributed by atoms with E-state index in [1.807, 2.05) is 0 Å². The molecule has 4 heteroatoms. The Kier molecular flexibility index (Phi) is 4.33. The van der Waals surface area contributed by atoms with Crippen LogP contribution in [-0.4, -0.2) is 36.2 Å². The van der Waals surface area contributed by atoms with Gasteiger partial charge in [-0.1, -0.05) is 29.8 Å². The summed E-state index contributed by atoms with van der Waals surface area (Å²) in [7, 11) is 0. The highest BCUT2D eigenvalue weighted by Crippen LogP contribution is 2.06. The lowest BCUT2D eigenvalue weighted by Gasteiger charge is -2.11. The third-order valence-corrected chi connectivity index (χ3v) is 3.26. The maximum Gasteiger partial charge on any atom is 0.237 e. The van der Waals surface area contributed by atoms with Gasteiger partial charge < -0.3 is 15.7 Å². The number of aryl methyl sites for hydroxylation is 1. The van der Waals surface area contributed by atoms with E-state index in [0.717, 1.165) is 6.42 Å². The molecule has 1 amide bonds. The van der Waals surface area contributed by atoms with Crippen molar-refractivity contribution in [1.29, 1.82) is 0 Å². The zero-order valence-corrected chi connectivity index (χ0v) is 10.6. The Balaban J connectivity index is 1.72. The molecule has 0 aliphatic carbocycles. The van der Waals surface area contributed by atoms with Crippen LogP contribution in [0.1, 0.15) is 17.5 Å². The van der Waals surface area contributed by atoms with Crippen LogP contribution in [0.3, 0.4) is 0 Å². The van der Waals surface area contributed by atoms with Gasteiger partial charge in [0.05, 0.1) is 12.1 Å². The van der Waals surface area contributed by atoms with Gasteiger partial charge in [0.1, 0.15) is 0 Å². The molecule has 2 unspecified atom stereocenters. The lowest BCUT2D eigenvalue weighted by atomic mass is 10.1. The van der Waals surface area contributed by atoms with Gasteiger partial charge in [0.15, 0.2) is 0 Å². The third kappa shape index (κ3) is 3.55. The molecule has 1 aliphatic heterocycles. The molecule has 2 rings (SSSR count). The average Bonchev–Trinajstić information content (AvgIpc) is 2.78. The zero-order chi connectivity index (χ0) is 13.0. The standard InChI is InChI=1S/C14H20N2O2/c1-10-2-4-11(5-3-10)6-7-15-14(18)13-8-12(17)9-16-13/h2-5,12-13,16-17H,6-9H2,1H3,(H,15,18). The number of rotatable bonds is 4. The summed E-state index contributed by atoms with van der Waals surface area (Å²) in [5.41, 5.74) is 2.47. The summed E-state index contributed by atoms with van der Waals surface area (Å²) in [5.74, 6) is -0.0151. The van der Waals surface area contributed by atoms with Crippen molar-refractivity contribution < 1.29 is 9.90 Å². The normalized spacial score (nSPS) is 23.0. The Morgan fingerprint density at radius 2 is 2.17 bits per heavy atom. The number of carbonyl (C=O) groups is 1. The molecule has 0 radical (unpaired) electrons. The van der Waals surface area contributed by atoms with Crippen molar-refractivity contribution in [2.75, 3.05) is 13.1 Å². The highest BCUT2D eigenvalue weighted by atomic mass is 16.3. The summed E-state index contributed by atoms with van der Waals surface area (Å²) in [6.07, 6.45) is 0.954. The van der Waals surface area contributed by atoms with Crippen molar-refractivity contribution in [2.24, 2.45) is 0 Å². The highest BCUT2D eigenvalue weighted by Gasteiger charge is 2.27. The fourth-order valence-electron chi connectivity index (χ4n) is 2.12. The summed E-state index contributed by atoms with van der Waals surface area (Å²) >= 11 is 0. The number of hydrogen-bond acceptors (Lipinski definition) is 3. The van der Waals surface area contributed by atoms with Crippen molar-refractivity contribution in [1.82, 2.24) is 10.6 Å². The number of nitrogens with one attached hydrogen (secondary N) is 2. The molecule has 3 N–H and O–H groups in total. The van der Waals surface area contributed by atoms with Gasteiger partial charge in [-0.2, -0.15) is 0 Å². The van der Waals surface area contributed by atoms with E-state index in [4.69, 9.17) is 0 Å². The van der Waals surface area contributed by atoms with E-state index in [9.17, 15) is 9.90 Å². The molecular weight excluding hydrogens is 228 g/mol. The van der Waals surface area contributed by atoms with Crippen LogP contribution in [0, 0.1) is 6.92 Å². The fraction of sp³-hybridized carbons (Fsp3) is 0.500. The van der Waals surface area contributed by atoms with Gasteiger partial charge in [-0.05, 0) is 25.3 Å². The number of β-amino-alcohol motifs (C(OH)–C–C–N with tert-alkyl or cyclic N) is 1. The molecule has 1 fully saturated rings. The number of carbonyl (C=O) groups excluding carboxylic acids is 1. The molecule has 1 aromatic rings. The van der Waals surface area contributed by atoms with Crippen LogP contribution in [0.5, 0.6) is 0 Å². The second-order valence-corrected chi connectivity index (χ2v) is 4.88. The van der Waals surface area contributed by atoms with Gasteiger partial charge in [-0.3, -0.25) is 4.79 Å². The first kappa shape index (κ1) is 13.1. The van der Waals surface area contributed by atoms with Crippen molar-refractivity contribution in [3.8, 4) is 0 Å². The van der Waals surface area contributed by atoms with E-state index >= 15 is 0 Å². The Morgan fingerprint density at radius 1 is 1.44 bits per heavy atom. The Labute approximate surface area is 107 Å². The second kappa shape index (κ2) is 5.98. The first-order valence-electron chi connectivity index (χ1n) is 6.40. The summed E-state index contributed by atoms with van der Waals surface area (Å²) in [4.78, 5) is 11.8. The van der Waals surface area contributed by atoms with E-state index in [1.165, 1.54) is 11.1 Å². The van der Waals surface area contributed by atoms with Crippen LogP contribution in [0.25, 0.3) is 0 Å². The van der Waals surface area contributed by atoms with Crippen LogP contribution >= 0.6 is 0 Å². The lowest BCUT2D eigenvalue weighted by Crippen LogP contribution is -2.41. The molecule has 4 nitrogen and oxygen atoms in total.